The molecule has 3 rings (SSSR count). The van der Waals surface area contributed by atoms with Crippen molar-refractivity contribution in [1.29, 1.82) is 0 Å². The van der Waals surface area contributed by atoms with Crippen LogP contribution in [0.4, 0.5) is 0 Å². The smallest absolute Gasteiger partial charge is 0.325 e. The molecule has 1 saturated heterocycles. The van der Waals surface area contributed by atoms with Crippen LogP contribution in [-0.4, -0.2) is 29.8 Å². The fraction of sp³-hybridized carbons (Fsp3) is 0.588. The topological polar surface area (TPSA) is 58.6 Å². The molecule has 1 aliphatic heterocycles. The lowest BCUT2D eigenvalue weighted by molar-refractivity contribution is -0.196. The Hall–Kier alpha value is -1.39. The summed E-state index contributed by atoms with van der Waals surface area (Å²) in [5, 5.41) is 12.9. The van der Waals surface area contributed by atoms with E-state index in [4.69, 9.17) is 4.74 Å². The zero-order valence-electron chi connectivity index (χ0n) is 12.6. The molecule has 0 radical (unpaired) electrons. The lowest BCUT2D eigenvalue weighted by Gasteiger charge is -2.60. The molecule has 1 heterocycles. The third-order valence-electron chi connectivity index (χ3n) is 5.06. The molecule has 1 aromatic rings. The summed E-state index contributed by atoms with van der Waals surface area (Å²) in [7, 11) is 0. The number of benzene rings is 1. The number of ether oxygens (including phenoxy) is 1. The maximum atomic E-state index is 11.7. The van der Waals surface area contributed by atoms with E-state index in [9.17, 15) is 9.90 Å². The molecule has 2 aliphatic rings. The summed E-state index contributed by atoms with van der Waals surface area (Å²) in [6.45, 7) is 5.17. The second kappa shape index (κ2) is 5.43. The number of fused-ring (bicyclic) bond motifs is 1. The van der Waals surface area contributed by atoms with Crippen molar-refractivity contribution < 1.29 is 14.6 Å². The highest BCUT2D eigenvalue weighted by Gasteiger charge is 2.58. The fourth-order valence-corrected chi connectivity index (χ4v) is 4.00. The van der Waals surface area contributed by atoms with E-state index in [0.717, 1.165) is 25.0 Å². The van der Waals surface area contributed by atoms with E-state index in [1.54, 1.807) is 0 Å². The molecule has 2 fully saturated rings. The van der Waals surface area contributed by atoms with E-state index < -0.39 is 12.0 Å². The minimum absolute atomic E-state index is 0.0203. The van der Waals surface area contributed by atoms with E-state index >= 15 is 0 Å². The zero-order chi connectivity index (χ0) is 15.0. The van der Waals surface area contributed by atoms with E-state index in [1.807, 2.05) is 30.3 Å². The van der Waals surface area contributed by atoms with Gasteiger partial charge in [-0.3, -0.25) is 10.1 Å². The molecule has 0 aromatic heterocycles. The maximum absolute atomic E-state index is 11.7. The third-order valence-corrected chi connectivity index (χ3v) is 5.06. The van der Waals surface area contributed by atoms with Crippen molar-refractivity contribution in [2.24, 2.45) is 11.3 Å². The van der Waals surface area contributed by atoms with E-state index in [-0.39, 0.29) is 17.6 Å². The monoisotopic (exact) mass is 289 g/mol. The Bertz CT molecular complexity index is 514. The highest BCUT2D eigenvalue weighted by atomic mass is 16.5. The molecule has 0 bridgehead atoms. The average molecular weight is 289 g/mol. The molecule has 0 spiro atoms. The van der Waals surface area contributed by atoms with Crippen molar-refractivity contribution in [3.05, 3.63) is 35.9 Å². The van der Waals surface area contributed by atoms with Gasteiger partial charge in [0.2, 0.25) is 0 Å². The summed E-state index contributed by atoms with van der Waals surface area (Å²) >= 11 is 0. The van der Waals surface area contributed by atoms with Crippen LogP contribution in [0.2, 0.25) is 0 Å². The van der Waals surface area contributed by atoms with Crippen LogP contribution >= 0.6 is 0 Å². The maximum Gasteiger partial charge on any atom is 0.325 e. The number of nitrogens with one attached hydrogen (secondary N) is 1. The lowest BCUT2D eigenvalue weighted by Crippen LogP contribution is -2.70. The minimum Gasteiger partial charge on any atom is -0.480 e. The first-order valence-corrected chi connectivity index (χ1v) is 7.67. The van der Waals surface area contributed by atoms with Gasteiger partial charge in [0, 0.05) is 24.0 Å². The number of aliphatic carboxylic acids is 1. The molecule has 21 heavy (non-hydrogen) atoms. The van der Waals surface area contributed by atoms with Crippen LogP contribution in [0, 0.1) is 11.3 Å². The van der Waals surface area contributed by atoms with Gasteiger partial charge in [-0.15, -0.1) is 0 Å². The molecule has 0 amide bonds. The molecule has 1 saturated carbocycles. The Kier molecular flexibility index (Phi) is 3.76. The first-order valence-electron chi connectivity index (χ1n) is 7.67. The van der Waals surface area contributed by atoms with E-state index in [0.29, 0.717) is 5.92 Å². The van der Waals surface area contributed by atoms with Gasteiger partial charge in [-0.1, -0.05) is 44.2 Å². The van der Waals surface area contributed by atoms with Crippen LogP contribution in [0.5, 0.6) is 0 Å². The standard InChI is InChI=1S/C17H23NO3/c1-17(2)14(12-9-6-10-21-15(12)17)18-13(16(19)20)11-7-4-3-5-8-11/h3-5,7-8,12-15,18H,6,9-10H2,1-2H3,(H,19,20). The van der Waals surface area contributed by atoms with Gasteiger partial charge >= 0.3 is 5.97 Å². The number of carbonyl (C=O) groups is 1. The third kappa shape index (κ3) is 2.47. The van der Waals surface area contributed by atoms with Crippen LogP contribution in [-0.2, 0) is 9.53 Å². The average Bonchev–Trinajstić information content (AvgIpc) is 2.48. The zero-order valence-corrected chi connectivity index (χ0v) is 12.6. The Morgan fingerprint density at radius 1 is 1.38 bits per heavy atom. The molecule has 4 nitrogen and oxygen atoms in total. The molecule has 2 N–H and O–H groups in total. The van der Waals surface area contributed by atoms with Crippen LogP contribution in [0.25, 0.3) is 0 Å². The van der Waals surface area contributed by atoms with E-state index in [1.165, 1.54) is 0 Å². The summed E-state index contributed by atoms with van der Waals surface area (Å²) in [5.41, 5.74) is 0.786. The number of carboxylic acid groups (broad SMARTS) is 1. The van der Waals surface area contributed by atoms with Crippen molar-refractivity contribution in [3.8, 4) is 0 Å². The highest BCUT2D eigenvalue weighted by Crippen LogP contribution is 2.51. The SMILES string of the molecule is CC1(C)C(NC(C(=O)O)c2ccccc2)C2CCCOC21. The minimum atomic E-state index is -0.822. The van der Waals surface area contributed by atoms with Gasteiger partial charge in [-0.25, -0.2) is 0 Å². The van der Waals surface area contributed by atoms with Crippen LogP contribution in [0.1, 0.15) is 38.3 Å². The van der Waals surface area contributed by atoms with E-state index in [2.05, 4.69) is 19.2 Å². The van der Waals surface area contributed by atoms with Crippen molar-refractivity contribution >= 4 is 5.97 Å². The first-order chi connectivity index (χ1) is 10.0. The highest BCUT2D eigenvalue weighted by molar-refractivity contribution is 5.75. The normalized spacial score (nSPS) is 31.8. The second-order valence-corrected chi connectivity index (χ2v) is 6.75. The van der Waals surface area contributed by atoms with Gasteiger partial charge in [0.1, 0.15) is 6.04 Å². The number of hydrogen-bond acceptors (Lipinski definition) is 3. The molecule has 1 aliphatic carbocycles. The molecular formula is C17H23NO3. The Balaban J connectivity index is 1.79. The summed E-state index contributed by atoms with van der Waals surface area (Å²) in [4.78, 5) is 11.7. The van der Waals surface area contributed by atoms with Crippen molar-refractivity contribution in [2.45, 2.75) is 44.9 Å². The molecule has 114 valence electrons. The number of carboxylic acids is 1. The van der Waals surface area contributed by atoms with Gasteiger partial charge < -0.3 is 9.84 Å². The van der Waals surface area contributed by atoms with Crippen LogP contribution < -0.4 is 5.32 Å². The van der Waals surface area contributed by atoms with Gasteiger partial charge in [0.25, 0.3) is 0 Å². The summed E-state index contributed by atoms with van der Waals surface area (Å²) in [5.74, 6) is -0.392. The Morgan fingerprint density at radius 2 is 2.10 bits per heavy atom. The summed E-state index contributed by atoms with van der Waals surface area (Å²) in [6, 6.07) is 8.93. The predicted molar refractivity (Wildman–Crippen MR) is 80.0 cm³/mol. The molecule has 4 atom stereocenters. The molecule has 1 aromatic carbocycles. The first kappa shape index (κ1) is 14.5. The van der Waals surface area contributed by atoms with Gasteiger partial charge in [-0.05, 0) is 18.4 Å². The quantitative estimate of drug-likeness (QED) is 0.894. The van der Waals surface area contributed by atoms with Crippen molar-refractivity contribution in [3.63, 3.8) is 0 Å². The van der Waals surface area contributed by atoms with Gasteiger partial charge in [-0.2, -0.15) is 0 Å². The Morgan fingerprint density at radius 3 is 2.76 bits per heavy atom. The van der Waals surface area contributed by atoms with Gasteiger partial charge in [0.15, 0.2) is 0 Å². The molecular weight excluding hydrogens is 266 g/mol. The predicted octanol–water partition coefficient (Wildman–Crippen LogP) is 2.61. The summed E-state index contributed by atoms with van der Waals surface area (Å²) in [6.07, 6.45) is 2.44. The molecule has 4 heteroatoms. The number of hydrogen-bond donors (Lipinski definition) is 2. The largest absolute Gasteiger partial charge is 0.480 e. The second-order valence-electron chi connectivity index (χ2n) is 6.75. The fourth-order valence-electron chi connectivity index (χ4n) is 4.00. The Labute approximate surface area is 125 Å². The van der Waals surface area contributed by atoms with Gasteiger partial charge in [0.05, 0.1) is 6.10 Å². The van der Waals surface area contributed by atoms with Crippen LogP contribution in [0.3, 0.4) is 0 Å². The summed E-state index contributed by atoms with van der Waals surface area (Å²) < 4.78 is 5.88. The van der Waals surface area contributed by atoms with Crippen molar-refractivity contribution in [1.82, 2.24) is 5.32 Å². The molecule has 4 unspecified atom stereocenters. The van der Waals surface area contributed by atoms with Crippen molar-refractivity contribution in [2.75, 3.05) is 6.61 Å². The van der Waals surface area contributed by atoms with Crippen LogP contribution in [0.15, 0.2) is 30.3 Å². The number of rotatable bonds is 4. The lowest BCUT2D eigenvalue weighted by atomic mass is 9.55.